The van der Waals surface area contributed by atoms with E-state index in [2.05, 4.69) is 19.2 Å². The molecule has 0 bridgehead atoms. The summed E-state index contributed by atoms with van der Waals surface area (Å²) in [7, 11) is 0. The lowest BCUT2D eigenvalue weighted by Gasteiger charge is -2.10. The van der Waals surface area contributed by atoms with Crippen LogP contribution in [0.2, 0.25) is 0 Å². The zero-order chi connectivity index (χ0) is 11.7. The Balaban J connectivity index is 3.44. The SMILES string of the molecule is CCCC(C)CNC(=O)CCCC(=O)O. The summed E-state index contributed by atoms with van der Waals surface area (Å²) in [6, 6.07) is 0. The summed E-state index contributed by atoms with van der Waals surface area (Å²) in [5, 5.41) is 11.2. The van der Waals surface area contributed by atoms with Crippen molar-refractivity contribution in [3.8, 4) is 0 Å². The van der Waals surface area contributed by atoms with Gasteiger partial charge in [0.15, 0.2) is 0 Å². The summed E-state index contributed by atoms with van der Waals surface area (Å²) in [5.74, 6) is -0.389. The third-order valence-corrected chi connectivity index (χ3v) is 2.22. The highest BCUT2D eigenvalue weighted by Crippen LogP contribution is 2.03. The predicted octanol–water partition coefficient (Wildman–Crippen LogP) is 1.79. The molecule has 1 atom stereocenters. The molecule has 0 fully saturated rings. The molecule has 4 nitrogen and oxygen atoms in total. The second-order valence-corrected chi connectivity index (χ2v) is 3.95. The lowest BCUT2D eigenvalue weighted by Crippen LogP contribution is -2.28. The van der Waals surface area contributed by atoms with Crippen molar-refractivity contribution in [1.82, 2.24) is 5.32 Å². The zero-order valence-electron chi connectivity index (χ0n) is 9.58. The van der Waals surface area contributed by atoms with Crippen LogP contribution in [0.5, 0.6) is 0 Å². The van der Waals surface area contributed by atoms with E-state index in [1.165, 1.54) is 0 Å². The van der Waals surface area contributed by atoms with Crippen molar-refractivity contribution in [2.45, 2.75) is 46.0 Å². The van der Waals surface area contributed by atoms with Gasteiger partial charge in [0.05, 0.1) is 0 Å². The average molecular weight is 215 g/mol. The van der Waals surface area contributed by atoms with Gasteiger partial charge in [-0.1, -0.05) is 20.3 Å². The summed E-state index contributed by atoms with van der Waals surface area (Å²) in [5.41, 5.74) is 0. The maximum atomic E-state index is 11.2. The van der Waals surface area contributed by atoms with Crippen molar-refractivity contribution in [2.24, 2.45) is 5.92 Å². The van der Waals surface area contributed by atoms with Crippen molar-refractivity contribution in [2.75, 3.05) is 6.54 Å². The molecule has 0 aromatic heterocycles. The zero-order valence-corrected chi connectivity index (χ0v) is 9.58. The minimum atomic E-state index is -0.845. The van der Waals surface area contributed by atoms with Crippen LogP contribution in [0.15, 0.2) is 0 Å². The summed E-state index contributed by atoms with van der Waals surface area (Å²) in [6.45, 7) is 4.91. The Bertz CT molecular complexity index is 204. The van der Waals surface area contributed by atoms with Crippen molar-refractivity contribution in [3.63, 3.8) is 0 Å². The molecule has 0 aliphatic rings. The van der Waals surface area contributed by atoms with Gasteiger partial charge in [-0.3, -0.25) is 9.59 Å². The Morgan fingerprint density at radius 1 is 1.33 bits per heavy atom. The topological polar surface area (TPSA) is 66.4 Å². The number of aliphatic carboxylic acids is 1. The first-order chi connectivity index (χ1) is 7.06. The molecule has 15 heavy (non-hydrogen) atoms. The molecule has 0 rings (SSSR count). The molecule has 0 aliphatic heterocycles. The number of amides is 1. The number of nitrogens with one attached hydrogen (secondary N) is 1. The molecule has 0 aromatic carbocycles. The standard InChI is InChI=1S/C11H21NO3/c1-3-5-9(2)8-12-10(13)6-4-7-11(14)15/h9H,3-8H2,1-2H3,(H,12,13)(H,14,15). The molecular weight excluding hydrogens is 194 g/mol. The third-order valence-electron chi connectivity index (χ3n) is 2.22. The molecule has 0 saturated heterocycles. The normalized spacial score (nSPS) is 12.1. The van der Waals surface area contributed by atoms with E-state index in [4.69, 9.17) is 5.11 Å². The second kappa shape index (κ2) is 8.26. The van der Waals surface area contributed by atoms with E-state index >= 15 is 0 Å². The van der Waals surface area contributed by atoms with Gasteiger partial charge in [0.2, 0.25) is 5.91 Å². The minimum Gasteiger partial charge on any atom is -0.481 e. The van der Waals surface area contributed by atoms with E-state index in [0.29, 0.717) is 25.3 Å². The van der Waals surface area contributed by atoms with Crippen LogP contribution in [0.1, 0.15) is 46.0 Å². The highest BCUT2D eigenvalue weighted by atomic mass is 16.4. The van der Waals surface area contributed by atoms with Gasteiger partial charge in [0.1, 0.15) is 0 Å². The van der Waals surface area contributed by atoms with Gasteiger partial charge in [-0.05, 0) is 18.8 Å². The first kappa shape index (κ1) is 13.9. The number of carbonyl (C=O) groups excluding carboxylic acids is 1. The fourth-order valence-electron chi connectivity index (χ4n) is 1.37. The van der Waals surface area contributed by atoms with Crippen LogP contribution < -0.4 is 5.32 Å². The molecule has 0 radical (unpaired) electrons. The van der Waals surface area contributed by atoms with Crippen molar-refractivity contribution in [3.05, 3.63) is 0 Å². The first-order valence-corrected chi connectivity index (χ1v) is 5.54. The van der Waals surface area contributed by atoms with Gasteiger partial charge in [-0.15, -0.1) is 0 Å². The van der Waals surface area contributed by atoms with Crippen LogP contribution in [0.3, 0.4) is 0 Å². The molecule has 0 aromatic rings. The van der Waals surface area contributed by atoms with Gasteiger partial charge in [0.25, 0.3) is 0 Å². The van der Waals surface area contributed by atoms with Gasteiger partial charge in [-0.25, -0.2) is 0 Å². The van der Waals surface area contributed by atoms with Crippen molar-refractivity contribution < 1.29 is 14.7 Å². The Hall–Kier alpha value is -1.06. The quantitative estimate of drug-likeness (QED) is 0.648. The number of hydrogen-bond acceptors (Lipinski definition) is 2. The number of hydrogen-bond donors (Lipinski definition) is 2. The fourth-order valence-corrected chi connectivity index (χ4v) is 1.37. The number of rotatable bonds is 8. The predicted molar refractivity (Wildman–Crippen MR) is 58.6 cm³/mol. The largest absolute Gasteiger partial charge is 0.481 e. The van der Waals surface area contributed by atoms with Gasteiger partial charge >= 0.3 is 5.97 Å². The summed E-state index contributed by atoms with van der Waals surface area (Å²) in [6.07, 6.45) is 3.03. The molecule has 88 valence electrons. The van der Waals surface area contributed by atoms with Gasteiger partial charge < -0.3 is 10.4 Å². The second-order valence-electron chi connectivity index (χ2n) is 3.95. The lowest BCUT2D eigenvalue weighted by atomic mass is 10.1. The molecule has 4 heteroatoms. The third kappa shape index (κ3) is 9.25. The molecule has 0 saturated carbocycles. The average Bonchev–Trinajstić information content (AvgIpc) is 2.14. The Kier molecular flexibility index (Phi) is 7.68. The molecule has 1 unspecified atom stereocenters. The van der Waals surface area contributed by atoms with Crippen molar-refractivity contribution >= 4 is 11.9 Å². The smallest absolute Gasteiger partial charge is 0.303 e. The Morgan fingerprint density at radius 2 is 2.00 bits per heavy atom. The Labute approximate surface area is 91.1 Å². The Morgan fingerprint density at radius 3 is 2.53 bits per heavy atom. The highest BCUT2D eigenvalue weighted by molar-refractivity contribution is 5.76. The maximum Gasteiger partial charge on any atom is 0.303 e. The monoisotopic (exact) mass is 215 g/mol. The molecular formula is C11H21NO3. The molecule has 2 N–H and O–H groups in total. The van der Waals surface area contributed by atoms with E-state index in [1.54, 1.807) is 0 Å². The summed E-state index contributed by atoms with van der Waals surface area (Å²) in [4.78, 5) is 21.4. The number of carboxylic acids is 1. The first-order valence-electron chi connectivity index (χ1n) is 5.54. The summed E-state index contributed by atoms with van der Waals surface area (Å²) < 4.78 is 0. The van der Waals surface area contributed by atoms with E-state index in [0.717, 1.165) is 12.8 Å². The van der Waals surface area contributed by atoms with E-state index in [1.807, 2.05) is 0 Å². The van der Waals surface area contributed by atoms with Crippen LogP contribution in [0.4, 0.5) is 0 Å². The minimum absolute atomic E-state index is 0.0424. The van der Waals surface area contributed by atoms with Crippen LogP contribution in [-0.2, 0) is 9.59 Å². The molecule has 0 aliphatic carbocycles. The fraction of sp³-hybridized carbons (Fsp3) is 0.818. The van der Waals surface area contributed by atoms with E-state index in [9.17, 15) is 9.59 Å². The van der Waals surface area contributed by atoms with Crippen LogP contribution in [0.25, 0.3) is 0 Å². The van der Waals surface area contributed by atoms with Crippen LogP contribution >= 0.6 is 0 Å². The van der Waals surface area contributed by atoms with E-state index in [-0.39, 0.29) is 12.3 Å². The number of carboxylic acid groups (broad SMARTS) is 1. The molecule has 1 amide bonds. The maximum absolute atomic E-state index is 11.2. The lowest BCUT2D eigenvalue weighted by molar-refractivity contribution is -0.137. The van der Waals surface area contributed by atoms with Gasteiger partial charge in [0, 0.05) is 19.4 Å². The van der Waals surface area contributed by atoms with E-state index < -0.39 is 5.97 Å². The highest BCUT2D eigenvalue weighted by Gasteiger charge is 2.05. The number of carbonyl (C=O) groups is 2. The van der Waals surface area contributed by atoms with Crippen molar-refractivity contribution in [1.29, 1.82) is 0 Å². The summed E-state index contributed by atoms with van der Waals surface area (Å²) >= 11 is 0. The van der Waals surface area contributed by atoms with Crippen LogP contribution in [0, 0.1) is 5.92 Å². The van der Waals surface area contributed by atoms with Gasteiger partial charge in [-0.2, -0.15) is 0 Å². The van der Waals surface area contributed by atoms with Crippen LogP contribution in [-0.4, -0.2) is 23.5 Å². The molecule has 0 spiro atoms. The molecule has 0 heterocycles.